The second kappa shape index (κ2) is 11.0. The summed E-state index contributed by atoms with van der Waals surface area (Å²) in [7, 11) is 0. The van der Waals surface area contributed by atoms with Gasteiger partial charge >= 0.3 is 5.97 Å². The van der Waals surface area contributed by atoms with E-state index >= 15 is 0 Å². The summed E-state index contributed by atoms with van der Waals surface area (Å²) in [5, 5.41) is 14.3. The van der Waals surface area contributed by atoms with Gasteiger partial charge in [-0.15, -0.1) is 23.1 Å². The van der Waals surface area contributed by atoms with Crippen LogP contribution in [0.15, 0.2) is 114 Å². The molecule has 0 spiro atoms. The van der Waals surface area contributed by atoms with Gasteiger partial charge in [0.25, 0.3) is 11.5 Å². The van der Waals surface area contributed by atoms with Crippen molar-refractivity contribution >= 4 is 39.9 Å². The summed E-state index contributed by atoms with van der Waals surface area (Å²) in [6, 6.07) is 28.4. The first-order chi connectivity index (χ1) is 18.5. The summed E-state index contributed by atoms with van der Waals surface area (Å²) in [5.41, 5.74) is 2.17. The van der Waals surface area contributed by atoms with E-state index in [0.29, 0.717) is 4.96 Å². The van der Waals surface area contributed by atoms with Crippen LogP contribution in [0.3, 0.4) is 0 Å². The highest BCUT2D eigenvalue weighted by Crippen LogP contribution is 2.48. The van der Waals surface area contributed by atoms with E-state index in [4.69, 9.17) is 0 Å². The highest BCUT2D eigenvalue weighted by atomic mass is 32.2. The van der Waals surface area contributed by atoms with Crippen LogP contribution in [0, 0.1) is 0 Å². The van der Waals surface area contributed by atoms with Crippen LogP contribution in [0.1, 0.15) is 27.0 Å². The molecule has 0 radical (unpaired) electrons. The number of nitrogens with one attached hydrogen (secondary N) is 1. The zero-order valence-corrected chi connectivity index (χ0v) is 21.7. The molecular formula is C29H23N3O4S2. The largest absolute Gasteiger partial charge is 0.480 e. The van der Waals surface area contributed by atoms with Gasteiger partial charge in [-0.05, 0) is 16.7 Å². The van der Waals surface area contributed by atoms with E-state index < -0.39 is 28.2 Å². The van der Waals surface area contributed by atoms with E-state index in [2.05, 4.69) is 10.3 Å². The van der Waals surface area contributed by atoms with Crippen molar-refractivity contribution in [3.63, 3.8) is 0 Å². The highest BCUT2D eigenvalue weighted by Gasteiger charge is 2.38. The molecule has 0 aliphatic heterocycles. The molecule has 0 aliphatic carbocycles. The number of benzene rings is 3. The van der Waals surface area contributed by atoms with Gasteiger partial charge in [-0.1, -0.05) is 91.0 Å². The number of aliphatic carboxylic acids is 1. The number of thiazole rings is 1. The molecule has 2 N–H and O–H groups in total. The summed E-state index contributed by atoms with van der Waals surface area (Å²) in [6.45, 7) is 0. The number of amides is 1. The van der Waals surface area contributed by atoms with Crippen molar-refractivity contribution in [1.82, 2.24) is 14.7 Å². The Morgan fingerprint density at radius 2 is 1.45 bits per heavy atom. The predicted molar refractivity (Wildman–Crippen MR) is 150 cm³/mol. The molecule has 0 saturated heterocycles. The minimum atomic E-state index is -1.26. The number of thioether (sulfide) groups is 1. The summed E-state index contributed by atoms with van der Waals surface area (Å²) in [5.74, 6) is -1.94. The molecule has 3 aromatic carbocycles. The van der Waals surface area contributed by atoms with Crippen molar-refractivity contribution in [2.45, 2.75) is 10.8 Å². The minimum absolute atomic E-state index is 0.0369. The summed E-state index contributed by atoms with van der Waals surface area (Å²) in [6.07, 6.45) is 2.72. The van der Waals surface area contributed by atoms with Crippen LogP contribution in [0.2, 0.25) is 0 Å². The van der Waals surface area contributed by atoms with Gasteiger partial charge in [0.1, 0.15) is 11.6 Å². The molecule has 1 amide bonds. The molecular weight excluding hydrogens is 518 g/mol. The van der Waals surface area contributed by atoms with E-state index in [1.54, 1.807) is 5.38 Å². The Hall–Kier alpha value is -4.21. The molecule has 2 aromatic heterocycles. The zero-order chi connectivity index (χ0) is 26.5. The molecule has 38 heavy (non-hydrogen) atoms. The molecule has 0 aliphatic rings. The van der Waals surface area contributed by atoms with Crippen molar-refractivity contribution in [1.29, 1.82) is 0 Å². The maximum Gasteiger partial charge on any atom is 0.327 e. The number of rotatable bonds is 9. The predicted octanol–water partition coefficient (Wildman–Crippen LogP) is 4.66. The van der Waals surface area contributed by atoms with E-state index in [9.17, 15) is 19.5 Å². The maximum atomic E-state index is 13.0. The fourth-order valence-corrected chi connectivity index (χ4v) is 6.59. The zero-order valence-electron chi connectivity index (χ0n) is 20.1. The van der Waals surface area contributed by atoms with Gasteiger partial charge in [-0.3, -0.25) is 14.0 Å². The van der Waals surface area contributed by atoms with Crippen molar-refractivity contribution in [3.8, 4) is 0 Å². The Morgan fingerprint density at radius 3 is 1.95 bits per heavy atom. The molecule has 5 aromatic rings. The van der Waals surface area contributed by atoms with Gasteiger partial charge in [0.05, 0.1) is 4.75 Å². The third kappa shape index (κ3) is 4.85. The van der Waals surface area contributed by atoms with Gasteiger partial charge in [-0.2, -0.15) is 0 Å². The van der Waals surface area contributed by atoms with Crippen LogP contribution >= 0.6 is 23.1 Å². The number of carboxylic acid groups (broad SMARTS) is 1. The molecule has 7 nitrogen and oxygen atoms in total. The minimum Gasteiger partial charge on any atom is -0.480 e. The topological polar surface area (TPSA) is 101 Å². The number of nitrogens with zero attached hydrogens (tertiary/aromatic N) is 2. The van der Waals surface area contributed by atoms with Crippen LogP contribution in [0.4, 0.5) is 0 Å². The summed E-state index contributed by atoms with van der Waals surface area (Å²) in [4.78, 5) is 42.7. The second-order valence-corrected chi connectivity index (χ2v) is 10.6. The average Bonchev–Trinajstić information content (AvgIpc) is 3.44. The number of aromatic nitrogens is 2. The number of carboxylic acids is 1. The number of hydrogen-bond acceptors (Lipinski definition) is 6. The lowest BCUT2D eigenvalue weighted by atomic mass is 9.84. The first-order valence-electron chi connectivity index (χ1n) is 11.8. The fraction of sp³-hybridized carbons (Fsp3) is 0.103. The van der Waals surface area contributed by atoms with Crippen LogP contribution in [-0.4, -0.2) is 38.2 Å². The van der Waals surface area contributed by atoms with Gasteiger partial charge in [-0.25, -0.2) is 9.78 Å². The third-order valence-electron chi connectivity index (χ3n) is 6.20. The van der Waals surface area contributed by atoms with Crippen LogP contribution in [-0.2, 0) is 9.54 Å². The summed E-state index contributed by atoms with van der Waals surface area (Å²) < 4.78 is 0.522. The second-order valence-electron chi connectivity index (χ2n) is 8.49. The number of carbonyl (C=O) groups is 2. The van der Waals surface area contributed by atoms with Gasteiger partial charge in [0, 0.05) is 23.5 Å². The Kier molecular flexibility index (Phi) is 7.39. The summed E-state index contributed by atoms with van der Waals surface area (Å²) >= 11 is 2.69. The van der Waals surface area contributed by atoms with Gasteiger partial charge in [0.2, 0.25) is 0 Å². The van der Waals surface area contributed by atoms with E-state index in [0.717, 1.165) is 16.7 Å². The van der Waals surface area contributed by atoms with Crippen molar-refractivity contribution in [2.24, 2.45) is 0 Å². The SMILES string of the molecule is O=C(N[C@@H](CSC(c1ccccc1)(c1ccccc1)c1ccccc1)C(=O)O)c1cnc2sccn2c1=O. The van der Waals surface area contributed by atoms with Crippen molar-refractivity contribution in [3.05, 3.63) is 141 Å². The molecule has 1 atom stereocenters. The van der Waals surface area contributed by atoms with Crippen LogP contribution in [0.25, 0.3) is 4.96 Å². The molecule has 5 rings (SSSR count). The van der Waals surface area contributed by atoms with Crippen LogP contribution in [0.5, 0.6) is 0 Å². The Balaban J connectivity index is 1.51. The van der Waals surface area contributed by atoms with E-state index in [-0.39, 0.29) is 11.3 Å². The third-order valence-corrected chi connectivity index (χ3v) is 8.61. The first kappa shape index (κ1) is 25.4. The van der Waals surface area contributed by atoms with E-state index in [1.807, 2.05) is 91.0 Å². The van der Waals surface area contributed by atoms with Crippen molar-refractivity contribution < 1.29 is 14.7 Å². The molecule has 0 fully saturated rings. The first-order valence-corrected chi connectivity index (χ1v) is 13.7. The smallest absolute Gasteiger partial charge is 0.327 e. The van der Waals surface area contributed by atoms with Gasteiger partial charge in [0.15, 0.2) is 4.96 Å². The monoisotopic (exact) mass is 541 g/mol. The molecule has 0 saturated carbocycles. The fourth-order valence-electron chi connectivity index (χ4n) is 4.37. The molecule has 0 bridgehead atoms. The van der Waals surface area contributed by atoms with Gasteiger partial charge < -0.3 is 10.4 Å². The molecule has 190 valence electrons. The molecule has 0 unspecified atom stereocenters. The lowest BCUT2D eigenvalue weighted by molar-refractivity contribution is -0.138. The molecule has 2 heterocycles. The Bertz CT molecular complexity index is 1520. The number of carbonyl (C=O) groups excluding carboxylic acids is 1. The Labute approximate surface area is 226 Å². The quantitative estimate of drug-likeness (QED) is 0.263. The lowest BCUT2D eigenvalue weighted by Gasteiger charge is -2.36. The average molecular weight is 542 g/mol. The number of fused-ring (bicyclic) bond motifs is 1. The highest BCUT2D eigenvalue weighted by molar-refractivity contribution is 8.00. The van der Waals surface area contributed by atoms with Crippen LogP contribution < -0.4 is 10.9 Å². The Morgan fingerprint density at radius 1 is 0.921 bits per heavy atom. The normalized spacial score (nSPS) is 12.2. The maximum absolute atomic E-state index is 13.0. The number of hydrogen-bond donors (Lipinski definition) is 2. The standard InChI is InChI=1S/C29H23N3O4S2/c33-25(23-18-30-28-32(26(23)34)16-17-37-28)31-24(27(35)36)19-38-29(20-10-4-1-5-11-20,21-12-6-2-7-13-21)22-14-8-3-9-15-22/h1-18,24H,19H2,(H,31,33)(H,35,36)/t24-/m0/s1. The lowest BCUT2D eigenvalue weighted by Crippen LogP contribution is -2.45. The van der Waals surface area contributed by atoms with Crippen molar-refractivity contribution in [2.75, 3.05) is 5.75 Å². The van der Waals surface area contributed by atoms with E-state index in [1.165, 1.54) is 39.9 Å². The molecule has 9 heteroatoms.